The van der Waals surface area contributed by atoms with E-state index < -0.39 is 71.4 Å². The lowest BCUT2D eigenvalue weighted by atomic mass is 9.46. The van der Waals surface area contributed by atoms with Crippen LogP contribution in [0.15, 0.2) is 23.8 Å². The Balaban J connectivity index is 1.32. The number of Topliss-reactive ketones (excluding diaryl/α,β-unsaturated/α-hetero) is 2. The van der Waals surface area contributed by atoms with Gasteiger partial charge >= 0.3 is 5.97 Å². The number of carbonyl (C=O) groups excluding carboxylic acids is 3. The van der Waals surface area contributed by atoms with Gasteiger partial charge in [-0.1, -0.05) is 37.6 Å². The molecule has 1 unspecified atom stereocenters. The number of ketones is 2. The predicted octanol–water partition coefficient (Wildman–Crippen LogP) is 0.369. The molecule has 10 heteroatoms. The number of hydrogen-bond donors (Lipinski definition) is 5. The van der Waals surface area contributed by atoms with Gasteiger partial charge in [-0.3, -0.25) is 14.4 Å². The maximum absolute atomic E-state index is 13.8. The lowest BCUT2D eigenvalue weighted by molar-refractivity contribution is -0.210. The third-order valence-electron chi connectivity index (χ3n) is 10.6. The molecule has 216 valence electrons. The Bertz CT molecular complexity index is 1100. The summed E-state index contributed by atoms with van der Waals surface area (Å²) in [5, 5.41) is 52.9. The maximum Gasteiger partial charge on any atom is 0.303 e. The molecule has 0 aromatic rings. The fraction of sp³-hybridized carbons (Fsp3) is 0.759. The quantitative estimate of drug-likeness (QED) is 0.239. The maximum atomic E-state index is 13.8. The zero-order valence-corrected chi connectivity index (χ0v) is 22.7. The highest BCUT2D eigenvalue weighted by atomic mass is 16.6. The molecule has 5 aliphatic carbocycles. The van der Waals surface area contributed by atoms with Gasteiger partial charge in [0.2, 0.25) is 0 Å². The number of aliphatic hydroxyl groups excluding tert-OH is 4. The second-order valence-corrected chi connectivity index (χ2v) is 12.7. The van der Waals surface area contributed by atoms with Crippen molar-refractivity contribution in [3.8, 4) is 0 Å². The van der Waals surface area contributed by atoms with Crippen molar-refractivity contribution in [1.82, 2.24) is 0 Å². The molecule has 0 spiro atoms. The van der Waals surface area contributed by atoms with Gasteiger partial charge in [-0.2, -0.15) is 0 Å². The highest BCUT2D eigenvalue weighted by Crippen LogP contribution is 2.66. The molecule has 0 amide bonds. The van der Waals surface area contributed by atoms with E-state index in [0.717, 1.165) is 25.3 Å². The number of rotatable bonds is 5. The smallest absolute Gasteiger partial charge is 0.303 e. The molecule has 5 aliphatic rings. The molecule has 4 saturated carbocycles. The Labute approximate surface area is 227 Å². The van der Waals surface area contributed by atoms with Crippen LogP contribution < -0.4 is 0 Å². The predicted molar refractivity (Wildman–Crippen MR) is 136 cm³/mol. The van der Waals surface area contributed by atoms with Crippen molar-refractivity contribution in [2.45, 2.75) is 102 Å². The summed E-state index contributed by atoms with van der Waals surface area (Å²) < 4.78 is 10.6. The van der Waals surface area contributed by atoms with Crippen LogP contribution in [0.4, 0.5) is 0 Å². The normalized spacial score (nSPS) is 49.0. The number of carbonyl (C=O) groups is 3. The zero-order valence-electron chi connectivity index (χ0n) is 22.7. The molecule has 0 saturated heterocycles. The molecule has 39 heavy (non-hydrogen) atoms. The molecule has 4 fully saturated rings. The van der Waals surface area contributed by atoms with Gasteiger partial charge in [-0.15, -0.1) is 0 Å². The van der Waals surface area contributed by atoms with E-state index in [1.807, 2.05) is 26.0 Å². The monoisotopic (exact) mass is 548 g/mol. The van der Waals surface area contributed by atoms with Crippen LogP contribution in [0.5, 0.6) is 0 Å². The van der Waals surface area contributed by atoms with Crippen LogP contribution in [0.1, 0.15) is 59.3 Å². The number of aliphatic hydroxyl groups is 5. The minimum absolute atomic E-state index is 0.00553. The van der Waals surface area contributed by atoms with Crippen molar-refractivity contribution in [2.24, 2.45) is 28.6 Å². The topological polar surface area (TPSA) is 171 Å². The van der Waals surface area contributed by atoms with Crippen LogP contribution in [-0.2, 0) is 23.9 Å². The number of allylic oxidation sites excluding steroid dienone is 2. The summed E-state index contributed by atoms with van der Waals surface area (Å²) in [6.45, 7) is 4.41. The van der Waals surface area contributed by atoms with Crippen LogP contribution in [-0.4, -0.2) is 91.9 Å². The first kappa shape index (κ1) is 28.6. The number of fused-ring (bicyclic) bond motifs is 5. The van der Waals surface area contributed by atoms with Gasteiger partial charge in [-0.05, 0) is 37.5 Å². The number of hydrogen-bond acceptors (Lipinski definition) is 10. The van der Waals surface area contributed by atoms with E-state index in [2.05, 4.69) is 0 Å². The minimum atomic E-state index is -1.80. The summed E-state index contributed by atoms with van der Waals surface area (Å²) in [6, 6.07) is 0. The lowest BCUT2D eigenvalue weighted by Gasteiger charge is -2.57. The molecular formula is C29H40O10. The SMILES string of the molecule is CC(=O)O[C@H]1[C@H](O)[C@@H](OCC(=O)[C@@]2(O)CC[C@H]3[C@@H]4CCC5=CC(O)C=C[C@]5(C)[C@H]4C(=O)C[C@@]32C)C[C@H](O)[C@H]1O. The Morgan fingerprint density at radius 3 is 2.51 bits per heavy atom. The highest BCUT2D eigenvalue weighted by Gasteiger charge is 2.68. The molecule has 0 heterocycles. The molecule has 0 radical (unpaired) electrons. The van der Waals surface area contributed by atoms with Gasteiger partial charge < -0.3 is 35.0 Å². The summed E-state index contributed by atoms with van der Waals surface area (Å²) in [5.41, 5.74) is -2.21. The van der Waals surface area contributed by atoms with Crippen LogP contribution in [0.25, 0.3) is 0 Å². The zero-order chi connectivity index (χ0) is 28.5. The fourth-order valence-corrected chi connectivity index (χ4v) is 8.56. The minimum Gasteiger partial charge on any atom is -0.457 e. The highest BCUT2D eigenvalue weighted by molar-refractivity contribution is 5.92. The van der Waals surface area contributed by atoms with E-state index in [4.69, 9.17) is 9.47 Å². The van der Waals surface area contributed by atoms with E-state index >= 15 is 0 Å². The first-order valence-electron chi connectivity index (χ1n) is 13.9. The molecule has 5 rings (SSSR count). The van der Waals surface area contributed by atoms with Gasteiger partial charge in [0, 0.05) is 36.5 Å². The number of ether oxygens (including phenoxy) is 2. The van der Waals surface area contributed by atoms with Crippen LogP contribution in [0.2, 0.25) is 0 Å². The molecule has 0 aliphatic heterocycles. The molecule has 12 atom stereocenters. The molecule has 0 aromatic carbocycles. The summed E-state index contributed by atoms with van der Waals surface area (Å²) in [6.07, 6.45) is 0.110. The van der Waals surface area contributed by atoms with E-state index in [1.54, 1.807) is 6.08 Å². The summed E-state index contributed by atoms with van der Waals surface area (Å²) in [7, 11) is 0. The Kier molecular flexibility index (Phi) is 7.22. The average molecular weight is 549 g/mol. The van der Waals surface area contributed by atoms with E-state index in [9.17, 15) is 39.9 Å². The van der Waals surface area contributed by atoms with Gasteiger partial charge in [0.1, 0.15) is 30.2 Å². The van der Waals surface area contributed by atoms with Crippen LogP contribution in [0, 0.1) is 28.6 Å². The van der Waals surface area contributed by atoms with E-state index in [0.29, 0.717) is 6.42 Å². The average Bonchev–Trinajstić information content (AvgIpc) is 3.14. The second-order valence-electron chi connectivity index (χ2n) is 12.7. The largest absolute Gasteiger partial charge is 0.457 e. The van der Waals surface area contributed by atoms with Gasteiger partial charge in [-0.25, -0.2) is 0 Å². The Morgan fingerprint density at radius 1 is 1.10 bits per heavy atom. The van der Waals surface area contributed by atoms with Crippen LogP contribution >= 0.6 is 0 Å². The van der Waals surface area contributed by atoms with Crippen LogP contribution in [0.3, 0.4) is 0 Å². The van der Waals surface area contributed by atoms with Crippen molar-refractivity contribution in [3.05, 3.63) is 23.8 Å². The van der Waals surface area contributed by atoms with Crippen molar-refractivity contribution in [1.29, 1.82) is 0 Å². The van der Waals surface area contributed by atoms with Gasteiger partial charge in [0.05, 0.1) is 18.3 Å². The van der Waals surface area contributed by atoms with Crippen molar-refractivity contribution < 1.29 is 49.4 Å². The third-order valence-corrected chi connectivity index (χ3v) is 10.6. The Hall–Kier alpha value is -1.95. The first-order valence-corrected chi connectivity index (χ1v) is 13.9. The summed E-state index contributed by atoms with van der Waals surface area (Å²) in [5.74, 6) is -1.69. The Morgan fingerprint density at radius 2 is 1.82 bits per heavy atom. The van der Waals surface area contributed by atoms with E-state index in [1.165, 1.54) is 0 Å². The molecule has 5 N–H and O–H groups in total. The van der Waals surface area contributed by atoms with Crippen molar-refractivity contribution in [3.63, 3.8) is 0 Å². The first-order chi connectivity index (χ1) is 18.2. The molecule has 0 bridgehead atoms. The summed E-state index contributed by atoms with van der Waals surface area (Å²) in [4.78, 5) is 38.7. The van der Waals surface area contributed by atoms with E-state index in [-0.39, 0.29) is 42.8 Å². The van der Waals surface area contributed by atoms with Crippen molar-refractivity contribution >= 4 is 17.5 Å². The van der Waals surface area contributed by atoms with Crippen molar-refractivity contribution in [2.75, 3.05) is 6.61 Å². The summed E-state index contributed by atoms with van der Waals surface area (Å²) >= 11 is 0. The standard InChI is InChI=1S/C29H40O10/c1-14(30)39-26-24(35)19(32)11-21(25(26)36)38-13-22(34)29(37)9-7-18-17-5-4-15-10-16(31)6-8-27(15,2)23(17)20(33)12-28(18,29)3/h6,8,10,16-19,21,23-26,31-32,35-37H,4-5,7,9,11-13H2,1-3H3/t16?,17-,18-,19-,21-,23+,24+,25+,26+,27-,28-,29-/m0/s1. The molecule has 0 aromatic heterocycles. The van der Waals surface area contributed by atoms with Gasteiger partial charge in [0.15, 0.2) is 11.9 Å². The second kappa shape index (κ2) is 9.85. The fourth-order valence-electron chi connectivity index (χ4n) is 8.56. The van der Waals surface area contributed by atoms with Gasteiger partial charge in [0.25, 0.3) is 0 Å². The molecular weight excluding hydrogens is 508 g/mol. The third kappa shape index (κ3) is 4.35. The lowest BCUT2D eigenvalue weighted by Crippen LogP contribution is -2.61. The molecule has 10 nitrogen and oxygen atoms in total. The number of esters is 1.